The Kier molecular flexibility index (Phi) is 3.34. The summed E-state index contributed by atoms with van der Waals surface area (Å²) in [5.41, 5.74) is 7.69. The number of fused-ring (bicyclic) bond motifs is 1. The van der Waals surface area contributed by atoms with Gasteiger partial charge in [-0.1, -0.05) is 34.1 Å². The van der Waals surface area contributed by atoms with Gasteiger partial charge in [0, 0.05) is 22.6 Å². The average Bonchev–Trinajstić information content (AvgIpc) is 2.78. The van der Waals surface area contributed by atoms with Crippen LogP contribution in [0.3, 0.4) is 0 Å². The van der Waals surface area contributed by atoms with Gasteiger partial charge in [0.05, 0.1) is 0 Å². The number of ether oxygens (including phenoxy) is 2. The molecule has 1 atom stereocenters. The SMILES string of the molecule is Nc1cc(Br)cc(OCC2Cc3ccccc3O2)c1. The van der Waals surface area contributed by atoms with Crippen molar-refractivity contribution < 1.29 is 9.47 Å². The molecule has 3 nitrogen and oxygen atoms in total. The van der Waals surface area contributed by atoms with E-state index in [4.69, 9.17) is 15.2 Å². The number of para-hydroxylation sites is 1. The molecule has 2 aromatic rings. The number of hydrogen-bond acceptors (Lipinski definition) is 3. The second-order valence-corrected chi connectivity index (χ2v) is 5.50. The number of benzene rings is 2. The molecule has 2 N–H and O–H groups in total. The van der Waals surface area contributed by atoms with Crippen LogP contribution in [0.2, 0.25) is 0 Å². The van der Waals surface area contributed by atoms with E-state index in [-0.39, 0.29) is 6.10 Å². The normalized spacial score (nSPS) is 16.8. The fourth-order valence-electron chi connectivity index (χ4n) is 2.20. The van der Waals surface area contributed by atoms with E-state index in [2.05, 4.69) is 22.0 Å². The molecule has 0 radical (unpaired) electrons. The van der Waals surface area contributed by atoms with Gasteiger partial charge in [-0.2, -0.15) is 0 Å². The minimum absolute atomic E-state index is 0.0672. The van der Waals surface area contributed by atoms with Crippen LogP contribution in [-0.2, 0) is 6.42 Å². The highest BCUT2D eigenvalue weighted by Gasteiger charge is 2.22. The van der Waals surface area contributed by atoms with Gasteiger partial charge in [0.1, 0.15) is 24.2 Å². The first-order chi connectivity index (χ1) is 9.20. The van der Waals surface area contributed by atoms with Gasteiger partial charge in [0.15, 0.2) is 0 Å². The summed E-state index contributed by atoms with van der Waals surface area (Å²) in [7, 11) is 0. The van der Waals surface area contributed by atoms with Crippen molar-refractivity contribution in [2.24, 2.45) is 0 Å². The predicted octanol–water partition coefficient (Wildman–Crippen LogP) is 3.41. The molecule has 19 heavy (non-hydrogen) atoms. The number of rotatable bonds is 3. The van der Waals surface area contributed by atoms with E-state index in [9.17, 15) is 0 Å². The van der Waals surface area contributed by atoms with Gasteiger partial charge >= 0.3 is 0 Å². The first kappa shape index (κ1) is 12.4. The molecule has 3 rings (SSSR count). The van der Waals surface area contributed by atoms with Gasteiger partial charge in [-0.3, -0.25) is 0 Å². The second kappa shape index (κ2) is 5.13. The van der Waals surface area contributed by atoms with Crippen LogP contribution in [0.5, 0.6) is 11.5 Å². The van der Waals surface area contributed by atoms with Crippen LogP contribution in [0.15, 0.2) is 46.9 Å². The lowest BCUT2D eigenvalue weighted by Crippen LogP contribution is -2.22. The Labute approximate surface area is 120 Å². The fourth-order valence-corrected chi connectivity index (χ4v) is 2.69. The zero-order valence-electron chi connectivity index (χ0n) is 10.3. The highest BCUT2D eigenvalue weighted by Crippen LogP contribution is 2.29. The Morgan fingerprint density at radius 2 is 2.11 bits per heavy atom. The number of nitrogen functional groups attached to an aromatic ring is 1. The Hall–Kier alpha value is -1.68. The minimum Gasteiger partial charge on any atom is -0.490 e. The predicted molar refractivity (Wildman–Crippen MR) is 78.6 cm³/mol. The van der Waals surface area contributed by atoms with Crippen molar-refractivity contribution in [2.45, 2.75) is 12.5 Å². The van der Waals surface area contributed by atoms with Gasteiger partial charge in [-0.05, 0) is 23.8 Å². The second-order valence-electron chi connectivity index (χ2n) is 4.58. The lowest BCUT2D eigenvalue weighted by atomic mass is 10.1. The molecule has 0 saturated carbocycles. The molecule has 0 spiro atoms. The summed E-state index contributed by atoms with van der Waals surface area (Å²) >= 11 is 3.40. The van der Waals surface area contributed by atoms with Gasteiger partial charge in [-0.15, -0.1) is 0 Å². The summed E-state index contributed by atoms with van der Waals surface area (Å²) in [6, 6.07) is 13.6. The van der Waals surface area contributed by atoms with Crippen LogP contribution in [0, 0.1) is 0 Å². The summed E-state index contributed by atoms with van der Waals surface area (Å²) in [5.74, 6) is 1.72. The van der Waals surface area contributed by atoms with Crippen molar-refractivity contribution in [2.75, 3.05) is 12.3 Å². The third-order valence-electron chi connectivity index (χ3n) is 3.04. The number of halogens is 1. The van der Waals surface area contributed by atoms with Crippen LogP contribution in [0.25, 0.3) is 0 Å². The van der Waals surface area contributed by atoms with Gasteiger partial charge in [0.25, 0.3) is 0 Å². The third kappa shape index (κ3) is 2.84. The number of anilines is 1. The van der Waals surface area contributed by atoms with Crippen molar-refractivity contribution >= 4 is 21.6 Å². The molecule has 2 aromatic carbocycles. The molecule has 0 fully saturated rings. The Morgan fingerprint density at radius 1 is 1.26 bits per heavy atom. The van der Waals surface area contributed by atoms with E-state index in [0.29, 0.717) is 12.3 Å². The highest BCUT2D eigenvalue weighted by atomic mass is 79.9. The summed E-state index contributed by atoms with van der Waals surface area (Å²) in [4.78, 5) is 0. The molecule has 0 aliphatic carbocycles. The van der Waals surface area contributed by atoms with Crippen molar-refractivity contribution in [3.05, 3.63) is 52.5 Å². The summed E-state index contributed by atoms with van der Waals surface area (Å²) in [6.07, 6.45) is 0.956. The molecule has 0 aromatic heterocycles. The van der Waals surface area contributed by atoms with Gasteiger partial charge in [0.2, 0.25) is 0 Å². The van der Waals surface area contributed by atoms with E-state index in [1.54, 1.807) is 0 Å². The van der Waals surface area contributed by atoms with Crippen molar-refractivity contribution in [3.8, 4) is 11.5 Å². The quantitative estimate of drug-likeness (QED) is 0.882. The average molecular weight is 320 g/mol. The molecule has 4 heteroatoms. The van der Waals surface area contributed by atoms with E-state index < -0.39 is 0 Å². The van der Waals surface area contributed by atoms with E-state index >= 15 is 0 Å². The zero-order chi connectivity index (χ0) is 13.2. The van der Waals surface area contributed by atoms with Crippen LogP contribution in [0.4, 0.5) is 5.69 Å². The molecular weight excluding hydrogens is 306 g/mol. The molecule has 98 valence electrons. The summed E-state index contributed by atoms with van der Waals surface area (Å²) in [6.45, 7) is 0.518. The van der Waals surface area contributed by atoms with Crippen LogP contribution in [0.1, 0.15) is 5.56 Å². The topological polar surface area (TPSA) is 44.5 Å². The maximum Gasteiger partial charge on any atom is 0.137 e. The maximum atomic E-state index is 5.82. The van der Waals surface area contributed by atoms with E-state index in [1.807, 2.05) is 36.4 Å². The lowest BCUT2D eigenvalue weighted by molar-refractivity contribution is 0.148. The zero-order valence-corrected chi connectivity index (χ0v) is 11.9. The van der Waals surface area contributed by atoms with Crippen molar-refractivity contribution in [3.63, 3.8) is 0 Å². The first-order valence-corrected chi connectivity index (χ1v) is 6.93. The molecule has 0 saturated heterocycles. The van der Waals surface area contributed by atoms with Crippen molar-refractivity contribution in [1.82, 2.24) is 0 Å². The molecule has 1 unspecified atom stereocenters. The van der Waals surface area contributed by atoms with Gasteiger partial charge < -0.3 is 15.2 Å². The fraction of sp³-hybridized carbons (Fsp3) is 0.200. The largest absolute Gasteiger partial charge is 0.490 e. The van der Waals surface area contributed by atoms with Crippen LogP contribution >= 0.6 is 15.9 Å². The molecule has 0 bridgehead atoms. The van der Waals surface area contributed by atoms with Gasteiger partial charge in [-0.25, -0.2) is 0 Å². The molecule has 1 aliphatic rings. The molecule has 1 aliphatic heterocycles. The van der Waals surface area contributed by atoms with E-state index in [0.717, 1.165) is 22.4 Å². The smallest absolute Gasteiger partial charge is 0.137 e. The maximum absolute atomic E-state index is 5.82. The molecule has 0 amide bonds. The third-order valence-corrected chi connectivity index (χ3v) is 3.50. The number of hydrogen-bond donors (Lipinski definition) is 1. The first-order valence-electron chi connectivity index (χ1n) is 6.14. The summed E-state index contributed by atoms with van der Waals surface area (Å²) < 4.78 is 12.5. The van der Waals surface area contributed by atoms with Crippen LogP contribution < -0.4 is 15.2 Å². The molecular formula is C15H14BrNO2. The Bertz CT molecular complexity index is 555. The monoisotopic (exact) mass is 319 g/mol. The lowest BCUT2D eigenvalue weighted by Gasteiger charge is -2.13. The van der Waals surface area contributed by atoms with Crippen LogP contribution in [-0.4, -0.2) is 12.7 Å². The minimum atomic E-state index is 0.0672. The Balaban J connectivity index is 1.62. The van der Waals surface area contributed by atoms with E-state index in [1.165, 1.54) is 5.56 Å². The standard InChI is InChI=1S/C15H14BrNO2/c16-11-6-12(17)8-13(7-11)18-9-14-5-10-3-1-2-4-15(10)19-14/h1-4,6-8,14H,5,9,17H2. The highest BCUT2D eigenvalue weighted by molar-refractivity contribution is 9.10. The molecule has 1 heterocycles. The summed E-state index contributed by atoms with van der Waals surface area (Å²) in [5, 5.41) is 0. The number of nitrogens with two attached hydrogens (primary N) is 1. The Morgan fingerprint density at radius 3 is 2.89 bits per heavy atom. The van der Waals surface area contributed by atoms with Crippen molar-refractivity contribution in [1.29, 1.82) is 0 Å².